The van der Waals surface area contributed by atoms with Gasteiger partial charge in [-0.1, -0.05) is 0 Å². The van der Waals surface area contributed by atoms with Crippen LogP contribution in [-0.2, 0) is 11.2 Å². The van der Waals surface area contributed by atoms with Gasteiger partial charge >= 0.3 is 0 Å². The summed E-state index contributed by atoms with van der Waals surface area (Å²) in [5, 5.41) is 51.6. The van der Waals surface area contributed by atoms with Crippen molar-refractivity contribution in [3.8, 4) is 11.5 Å². The van der Waals surface area contributed by atoms with E-state index in [1.165, 1.54) is 29.5 Å². The number of carbonyl (C=O) groups excluding carboxylic acids is 1. The number of benzene rings is 1. The Morgan fingerprint density at radius 3 is 2.55 bits per heavy atom. The summed E-state index contributed by atoms with van der Waals surface area (Å²) < 4.78 is 10.8. The van der Waals surface area contributed by atoms with Gasteiger partial charge in [0.05, 0.1) is 29.3 Å². The zero-order chi connectivity index (χ0) is 21.1. The second kappa shape index (κ2) is 9.16. The smallest absolute Gasteiger partial charge is 0.172 e. The molecule has 0 saturated carbocycles. The quantitative estimate of drug-likeness (QED) is 0.380. The van der Waals surface area contributed by atoms with Crippen LogP contribution in [0.3, 0.4) is 0 Å². The van der Waals surface area contributed by atoms with Crippen LogP contribution in [0.5, 0.6) is 11.5 Å². The maximum absolute atomic E-state index is 12.4. The molecule has 5 N–H and O–H groups in total. The predicted octanol–water partition coefficient (Wildman–Crippen LogP) is -0.196. The summed E-state index contributed by atoms with van der Waals surface area (Å²) in [6.45, 7) is 1.11. The number of aliphatic hydroxyl groups is 4. The standard InChI is InChI=1S/C19H23NO8S/c1-9-20-10(8-29-9)4-13(22)12-3-2-11(5-14(12)23)27-7-16-18(25)19(26)17(24)15(6-21)28-16/h2-3,5,8,15-19,21,23-26H,4,6-7H2,1H3/t15-,16+,17+,18+,19-/m1/s1. The lowest BCUT2D eigenvalue weighted by molar-refractivity contribution is -0.234. The average molecular weight is 425 g/mol. The number of hydrogen-bond acceptors (Lipinski definition) is 10. The SMILES string of the molecule is Cc1nc(CC(=O)c2ccc(OC[C@@H]3O[C@H](CO)[C@H](O)[C@@H](O)[C@H]3O)cc2O)cs1. The Kier molecular flexibility index (Phi) is 6.83. The van der Waals surface area contributed by atoms with E-state index in [0.717, 1.165) is 5.01 Å². The predicted molar refractivity (Wildman–Crippen MR) is 102 cm³/mol. The molecule has 1 aromatic heterocycles. The van der Waals surface area contributed by atoms with Crippen LogP contribution in [0, 0.1) is 6.92 Å². The first-order valence-electron chi connectivity index (χ1n) is 9.00. The minimum Gasteiger partial charge on any atom is -0.507 e. The molecule has 1 saturated heterocycles. The molecule has 0 aliphatic carbocycles. The van der Waals surface area contributed by atoms with Crippen molar-refractivity contribution in [2.45, 2.75) is 43.9 Å². The number of phenols is 1. The lowest BCUT2D eigenvalue weighted by Crippen LogP contribution is -2.59. The Bertz CT molecular complexity index is 854. The third-order valence-corrected chi connectivity index (χ3v) is 5.51. The Morgan fingerprint density at radius 1 is 1.21 bits per heavy atom. The van der Waals surface area contributed by atoms with Crippen molar-refractivity contribution in [3.05, 3.63) is 39.8 Å². The summed E-state index contributed by atoms with van der Waals surface area (Å²) in [6, 6.07) is 4.19. The lowest BCUT2D eigenvalue weighted by atomic mass is 9.95. The molecule has 1 aromatic carbocycles. The second-order valence-corrected chi connectivity index (χ2v) is 7.88. The topological polar surface area (TPSA) is 150 Å². The highest BCUT2D eigenvalue weighted by Crippen LogP contribution is 2.27. The molecule has 1 aliphatic heterocycles. The van der Waals surface area contributed by atoms with Gasteiger partial charge in [-0.25, -0.2) is 4.98 Å². The zero-order valence-electron chi connectivity index (χ0n) is 15.6. The van der Waals surface area contributed by atoms with Gasteiger partial charge < -0.3 is 35.0 Å². The van der Waals surface area contributed by atoms with Gasteiger partial charge in [-0.05, 0) is 19.1 Å². The monoisotopic (exact) mass is 425 g/mol. The van der Waals surface area contributed by atoms with Crippen LogP contribution in [0.4, 0.5) is 0 Å². The average Bonchev–Trinajstić information content (AvgIpc) is 3.10. The van der Waals surface area contributed by atoms with E-state index in [4.69, 9.17) is 9.47 Å². The van der Waals surface area contributed by atoms with Gasteiger partial charge in [-0.3, -0.25) is 4.79 Å². The molecule has 1 aliphatic rings. The number of aliphatic hydroxyl groups excluding tert-OH is 4. The first kappa shape index (κ1) is 21.6. The summed E-state index contributed by atoms with van der Waals surface area (Å²) in [7, 11) is 0. The number of hydrogen-bond donors (Lipinski definition) is 5. The fourth-order valence-corrected chi connectivity index (χ4v) is 3.69. The number of phenolic OH excluding ortho intramolecular Hbond substituents is 1. The number of aryl methyl sites for hydroxylation is 1. The molecule has 158 valence electrons. The van der Waals surface area contributed by atoms with Crippen LogP contribution < -0.4 is 4.74 Å². The molecule has 0 radical (unpaired) electrons. The highest BCUT2D eigenvalue weighted by Gasteiger charge is 2.43. The Morgan fingerprint density at radius 2 is 1.93 bits per heavy atom. The van der Waals surface area contributed by atoms with E-state index in [1.807, 2.05) is 6.92 Å². The van der Waals surface area contributed by atoms with Crippen LogP contribution in [0.2, 0.25) is 0 Å². The van der Waals surface area contributed by atoms with Crippen molar-refractivity contribution < 1.29 is 39.8 Å². The fraction of sp³-hybridized carbons (Fsp3) is 0.474. The number of carbonyl (C=O) groups is 1. The number of thiazole rings is 1. The number of nitrogens with zero attached hydrogens (tertiary/aromatic N) is 1. The molecule has 3 rings (SSSR count). The van der Waals surface area contributed by atoms with Gasteiger partial charge in [0.1, 0.15) is 48.6 Å². The molecule has 5 atom stereocenters. The molecule has 0 amide bonds. The van der Waals surface area contributed by atoms with Gasteiger partial charge in [0.2, 0.25) is 0 Å². The summed E-state index contributed by atoms with van der Waals surface area (Å²) in [4.78, 5) is 16.6. The minimum atomic E-state index is -1.49. The van der Waals surface area contributed by atoms with Gasteiger partial charge in [-0.15, -0.1) is 11.3 Å². The van der Waals surface area contributed by atoms with Crippen molar-refractivity contribution >= 4 is 17.1 Å². The van der Waals surface area contributed by atoms with Crippen LogP contribution in [0.15, 0.2) is 23.6 Å². The fourth-order valence-electron chi connectivity index (χ4n) is 3.08. The molecule has 2 aromatic rings. The summed E-state index contributed by atoms with van der Waals surface area (Å²) in [5.41, 5.74) is 0.774. The van der Waals surface area contributed by atoms with E-state index < -0.39 is 37.1 Å². The highest BCUT2D eigenvalue weighted by molar-refractivity contribution is 7.09. The Balaban J connectivity index is 1.62. The normalized spacial score (nSPS) is 27.0. The highest BCUT2D eigenvalue weighted by atomic mass is 32.1. The van der Waals surface area contributed by atoms with Crippen LogP contribution in [0.25, 0.3) is 0 Å². The largest absolute Gasteiger partial charge is 0.507 e. The summed E-state index contributed by atoms with van der Waals surface area (Å²) in [5.74, 6) is -0.318. The first-order chi connectivity index (χ1) is 13.8. The molecule has 9 nitrogen and oxygen atoms in total. The number of ether oxygens (including phenoxy) is 2. The minimum absolute atomic E-state index is 0.0724. The molecule has 0 spiro atoms. The third-order valence-electron chi connectivity index (χ3n) is 4.68. The molecule has 29 heavy (non-hydrogen) atoms. The van der Waals surface area contributed by atoms with Crippen LogP contribution >= 0.6 is 11.3 Å². The number of aromatic nitrogens is 1. The summed E-state index contributed by atoms with van der Waals surface area (Å²) in [6.07, 6.45) is -6.29. The van der Waals surface area contributed by atoms with E-state index in [9.17, 15) is 30.3 Å². The van der Waals surface area contributed by atoms with E-state index >= 15 is 0 Å². The van der Waals surface area contributed by atoms with Crippen molar-refractivity contribution in [3.63, 3.8) is 0 Å². The Hall–Kier alpha value is -2.08. The zero-order valence-corrected chi connectivity index (χ0v) is 16.5. The maximum atomic E-state index is 12.4. The lowest BCUT2D eigenvalue weighted by Gasteiger charge is -2.39. The first-order valence-corrected chi connectivity index (χ1v) is 9.88. The van der Waals surface area contributed by atoms with Gasteiger partial charge in [0.15, 0.2) is 5.78 Å². The van der Waals surface area contributed by atoms with Crippen LogP contribution in [-0.4, -0.2) is 80.0 Å². The van der Waals surface area contributed by atoms with Gasteiger partial charge in [0, 0.05) is 11.4 Å². The molecule has 0 bridgehead atoms. The maximum Gasteiger partial charge on any atom is 0.172 e. The van der Waals surface area contributed by atoms with E-state index in [0.29, 0.717) is 5.69 Å². The van der Waals surface area contributed by atoms with Crippen molar-refractivity contribution in [1.82, 2.24) is 4.98 Å². The van der Waals surface area contributed by atoms with Crippen LogP contribution in [0.1, 0.15) is 21.1 Å². The Labute approximate surface area is 170 Å². The third kappa shape index (κ3) is 4.92. The molecule has 1 fully saturated rings. The molecule has 10 heteroatoms. The summed E-state index contributed by atoms with van der Waals surface area (Å²) >= 11 is 1.44. The van der Waals surface area contributed by atoms with Gasteiger partial charge in [-0.2, -0.15) is 0 Å². The number of Topliss-reactive ketones (excluding diaryl/α,β-unsaturated/α-hetero) is 1. The van der Waals surface area contributed by atoms with E-state index in [2.05, 4.69) is 4.98 Å². The van der Waals surface area contributed by atoms with Crippen molar-refractivity contribution in [1.29, 1.82) is 0 Å². The second-order valence-electron chi connectivity index (χ2n) is 6.82. The number of ketones is 1. The van der Waals surface area contributed by atoms with Gasteiger partial charge in [0.25, 0.3) is 0 Å². The van der Waals surface area contributed by atoms with Crippen molar-refractivity contribution in [2.75, 3.05) is 13.2 Å². The van der Waals surface area contributed by atoms with E-state index in [-0.39, 0.29) is 35.9 Å². The molecule has 2 heterocycles. The number of aromatic hydroxyl groups is 1. The molecular formula is C19H23NO8S. The van der Waals surface area contributed by atoms with E-state index in [1.54, 1.807) is 5.38 Å². The number of rotatable bonds is 7. The molecular weight excluding hydrogens is 402 g/mol. The van der Waals surface area contributed by atoms with Crippen molar-refractivity contribution in [2.24, 2.45) is 0 Å². The molecule has 0 unspecified atom stereocenters.